The van der Waals surface area contributed by atoms with E-state index in [1.165, 1.54) is 43.4 Å². The number of hydrogen-bond donors (Lipinski definition) is 1. The second-order valence-corrected chi connectivity index (χ2v) is 9.88. The highest BCUT2D eigenvalue weighted by Gasteiger charge is 2.34. The average molecular weight is 426 g/mol. The molecular formula is C20H31N3O3S2. The summed E-state index contributed by atoms with van der Waals surface area (Å²) in [5.41, 5.74) is 0. The minimum atomic E-state index is -0.174. The number of hydrogen-bond acceptors (Lipinski definition) is 6. The molecule has 0 spiro atoms. The first-order valence-corrected chi connectivity index (χ1v) is 12.3. The van der Waals surface area contributed by atoms with Crippen molar-refractivity contribution in [3.05, 3.63) is 6.20 Å². The molecule has 8 heteroatoms. The lowest BCUT2D eigenvalue weighted by Crippen LogP contribution is -2.51. The summed E-state index contributed by atoms with van der Waals surface area (Å²) in [6.07, 6.45) is 12.9. The summed E-state index contributed by atoms with van der Waals surface area (Å²) in [6.45, 7) is 2.23. The summed E-state index contributed by atoms with van der Waals surface area (Å²) in [4.78, 5) is 31.0. The number of urea groups is 1. The van der Waals surface area contributed by atoms with Crippen LogP contribution < -0.4 is 5.32 Å². The number of nitrogens with one attached hydrogen (secondary N) is 1. The molecule has 2 aliphatic carbocycles. The Bertz CT molecular complexity index is 640. The van der Waals surface area contributed by atoms with Crippen molar-refractivity contribution in [3.63, 3.8) is 0 Å². The van der Waals surface area contributed by atoms with E-state index in [-0.39, 0.29) is 12.0 Å². The predicted molar refractivity (Wildman–Crippen MR) is 114 cm³/mol. The number of esters is 1. The van der Waals surface area contributed by atoms with Crippen LogP contribution in [0.4, 0.5) is 9.93 Å². The lowest BCUT2D eigenvalue weighted by molar-refractivity contribution is -0.142. The molecule has 1 heterocycles. The number of carbonyl (C=O) groups is 2. The molecule has 0 bridgehead atoms. The van der Waals surface area contributed by atoms with Gasteiger partial charge < -0.3 is 9.64 Å². The molecule has 0 saturated heterocycles. The Hall–Kier alpha value is -1.28. The van der Waals surface area contributed by atoms with E-state index in [2.05, 4.69) is 15.2 Å². The molecule has 0 aliphatic heterocycles. The van der Waals surface area contributed by atoms with Crippen molar-refractivity contribution in [1.82, 2.24) is 9.88 Å². The lowest BCUT2D eigenvalue weighted by Gasteiger charge is -2.42. The van der Waals surface area contributed by atoms with Crippen molar-refractivity contribution < 1.29 is 14.3 Å². The Morgan fingerprint density at radius 3 is 2.46 bits per heavy atom. The van der Waals surface area contributed by atoms with Gasteiger partial charge in [0.15, 0.2) is 5.13 Å². The van der Waals surface area contributed by atoms with E-state index in [4.69, 9.17) is 4.74 Å². The lowest BCUT2D eigenvalue weighted by atomic mass is 9.89. The second-order valence-electron chi connectivity index (χ2n) is 7.46. The summed E-state index contributed by atoms with van der Waals surface area (Å²) in [6, 6.07) is 0.765. The summed E-state index contributed by atoms with van der Waals surface area (Å²) >= 11 is 3.05. The topological polar surface area (TPSA) is 71.5 Å². The van der Waals surface area contributed by atoms with Crippen LogP contribution >= 0.6 is 23.1 Å². The van der Waals surface area contributed by atoms with Gasteiger partial charge in [-0.25, -0.2) is 9.78 Å². The molecule has 1 N–H and O–H groups in total. The normalized spacial score (nSPS) is 18.2. The standard InChI is InChI=1S/C20H31N3O3S2/c1-2-26-17(24)12-13-27-18-14-21-19(28-18)22-20(25)23(16-10-7-11-16)15-8-5-3-4-6-9-15/h14-16H,2-13H2,1H3,(H,21,22,25). The quantitative estimate of drug-likeness (QED) is 0.348. The van der Waals surface area contributed by atoms with Gasteiger partial charge in [0, 0.05) is 17.8 Å². The maximum Gasteiger partial charge on any atom is 0.324 e. The monoisotopic (exact) mass is 425 g/mol. The highest BCUT2D eigenvalue weighted by Crippen LogP contribution is 2.33. The van der Waals surface area contributed by atoms with Crippen LogP contribution in [0.15, 0.2) is 10.4 Å². The van der Waals surface area contributed by atoms with E-state index >= 15 is 0 Å². The van der Waals surface area contributed by atoms with E-state index in [0.717, 1.165) is 29.9 Å². The van der Waals surface area contributed by atoms with Crippen LogP contribution in [0.5, 0.6) is 0 Å². The molecule has 6 nitrogen and oxygen atoms in total. The zero-order chi connectivity index (χ0) is 19.8. The molecule has 2 fully saturated rings. The molecule has 156 valence electrons. The fourth-order valence-electron chi connectivity index (χ4n) is 3.84. The van der Waals surface area contributed by atoms with Gasteiger partial charge in [-0.2, -0.15) is 0 Å². The maximum absolute atomic E-state index is 13.1. The average Bonchev–Trinajstić information content (AvgIpc) is 2.89. The largest absolute Gasteiger partial charge is 0.466 e. The fourth-order valence-corrected chi connectivity index (χ4v) is 5.70. The van der Waals surface area contributed by atoms with Crippen LogP contribution in [-0.4, -0.2) is 46.3 Å². The number of amides is 2. The minimum absolute atomic E-state index is 0.00836. The molecule has 0 unspecified atom stereocenters. The van der Waals surface area contributed by atoms with Crippen LogP contribution in [0, 0.1) is 0 Å². The third-order valence-corrected chi connectivity index (χ3v) is 7.58. The van der Waals surface area contributed by atoms with Gasteiger partial charge in [0.25, 0.3) is 0 Å². The second kappa shape index (κ2) is 11.0. The van der Waals surface area contributed by atoms with E-state index in [9.17, 15) is 9.59 Å². The van der Waals surface area contributed by atoms with Crippen LogP contribution in [0.3, 0.4) is 0 Å². The van der Waals surface area contributed by atoms with Gasteiger partial charge >= 0.3 is 12.0 Å². The van der Waals surface area contributed by atoms with Gasteiger partial charge in [-0.1, -0.05) is 37.0 Å². The molecule has 2 aliphatic rings. The molecule has 2 saturated carbocycles. The number of aromatic nitrogens is 1. The molecule has 0 atom stereocenters. The van der Waals surface area contributed by atoms with Crippen molar-refractivity contribution in [2.45, 2.75) is 87.4 Å². The molecule has 0 aromatic carbocycles. The fraction of sp³-hybridized carbons (Fsp3) is 0.750. The first-order chi connectivity index (χ1) is 13.7. The zero-order valence-electron chi connectivity index (χ0n) is 16.7. The summed E-state index contributed by atoms with van der Waals surface area (Å²) in [7, 11) is 0. The predicted octanol–water partition coefficient (Wildman–Crippen LogP) is 5.30. The number of anilines is 1. The van der Waals surface area contributed by atoms with Crippen LogP contribution in [-0.2, 0) is 9.53 Å². The summed E-state index contributed by atoms with van der Waals surface area (Å²) in [5, 5.41) is 3.68. The number of rotatable bonds is 8. The third kappa shape index (κ3) is 6.11. The number of thioether (sulfide) groups is 1. The van der Waals surface area contributed by atoms with Crippen molar-refractivity contribution in [1.29, 1.82) is 0 Å². The molecule has 1 aromatic heterocycles. The molecule has 1 aromatic rings. The maximum atomic E-state index is 13.1. The van der Waals surface area contributed by atoms with Crippen LogP contribution in [0.1, 0.15) is 71.1 Å². The third-order valence-electron chi connectivity index (χ3n) is 5.47. The number of nitrogens with zero attached hydrogens (tertiary/aromatic N) is 2. The summed E-state index contributed by atoms with van der Waals surface area (Å²) in [5.74, 6) is 0.484. The van der Waals surface area contributed by atoms with E-state index < -0.39 is 0 Å². The first kappa shape index (κ1) is 21.4. The van der Waals surface area contributed by atoms with Crippen LogP contribution in [0.25, 0.3) is 0 Å². The van der Waals surface area contributed by atoms with Gasteiger partial charge in [0.2, 0.25) is 0 Å². The van der Waals surface area contributed by atoms with E-state index in [1.54, 1.807) is 18.0 Å². The molecule has 2 amide bonds. The van der Waals surface area contributed by atoms with E-state index in [1.807, 2.05) is 6.92 Å². The van der Waals surface area contributed by atoms with E-state index in [0.29, 0.717) is 36.0 Å². The van der Waals surface area contributed by atoms with Crippen molar-refractivity contribution >= 4 is 40.2 Å². The first-order valence-electron chi connectivity index (χ1n) is 10.5. The number of carbonyl (C=O) groups excluding carboxylic acids is 2. The van der Waals surface area contributed by atoms with Crippen molar-refractivity contribution in [2.75, 3.05) is 17.7 Å². The van der Waals surface area contributed by atoms with Crippen molar-refractivity contribution in [3.8, 4) is 0 Å². The Labute approximate surface area is 175 Å². The van der Waals surface area contributed by atoms with Gasteiger partial charge in [-0.3, -0.25) is 10.1 Å². The highest BCUT2D eigenvalue weighted by atomic mass is 32.2. The summed E-state index contributed by atoms with van der Waals surface area (Å²) < 4.78 is 5.95. The van der Waals surface area contributed by atoms with Crippen LogP contribution in [0.2, 0.25) is 0 Å². The Morgan fingerprint density at radius 1 is 1.18 bits per heavy atom. The SMILES string of the molecule is CCOC(=O)CCSc1cnc(NC(=O)N(C2CCCCCC2)C2CCC2)s1. The molecule has 28 heavy (non-hydrogen) atoms. The number of ether oxygens (including phenoxy) is 1. The Morgan fingerprint density at radius 2 is 1.86 bits per heavy atom. The molecule has 0 radical (unpaired) electrons. The Balaban J connectivity index is 1.53. The molecular weight excluding hydrogens is 394 g/mol. The number of thiazole rings is 1. The van der Waals surface area contributed by atoms with Gasteiger partial charge in [0.05, 0.1) is 23.4 Å². The Kier molecular flexibility index (Phi) is 8.45. The molecule has 3 rings (SSSR count). The smallest absolute Gasteiger partial charge is 0.324 e. The van der Waals surface area contributed by atoms with Gasteiger partial charge in [0.1, 0.15) is 0 Å². The van der Waals surface area contributed by atoms with Gasteiger partial charge in [-0.05, 0) is 39.0 Å². The highest BCUT2D eigenvalue weighted by molar-refractivity contribution is 8.01. The van der Waals surface area contributed by atoms with Crippen molar-refractivity contribution in [2.24, 2.45) is 0 Å². The zero-order valence-corrected chi connectivity index (χ0v) is 18.3. The van der Waals surface area contributed by atoms with Gasteiger partial charge in [-0.15, -0.1) is 11.8 Å². The minimum Gasteiger partial charge on any atom is -0.466 e.